The first-order valence-electron chi connectivity index (χ1n) is 17.2. The number of imidazole rings is 1. The maximum atomic E-state index is 5.76. The molecule has 0 N–H and O–H groups in total. The molecule has 0 radical (unpaired) electrons. The van der Waals surface area contributed by atoms with Crippen LogP contribution < -0.4 is 8.74 Å². The van der Waals surface area contributed by atoms with Crippen molar-refractivity contribution in [3.63, 3.8) is 0 Å². The Morgan fingerprint density at radius 2 is 1.31 bits per heavy atom. The molecule has 3 saturated heterocycles. The third-order valence-electron chi connectivity index (χ3n) is 10.1. The van der Waals surface area contributed by atoms with Crippen LogP contribution in [0.1, 0.15) is 78.0 Å². The van der Waals surface area contributed by atoms with E-state index in [1.54, 1.807) is 0 Å². The standard InChI is InChI=1S/C20H30N7O2.3C4H9.Sn/c1-24-17(14-25-4-2-16(3-5-25)26-6-10-28-11-7-26)23-18-19(24)21-15-22-20(18)27-8-12-29-13-9-27;3*1-3-4-2;/h16H,2-14H2,1H3;3*1,3-4H2,2H3;. The van der Waals surface area contributed by atoms with E-state index in [1.807, 2.05) is 0 Å². The van der Waals surface area contributed by atoms with Crippen LogP contribution >= 0.6 is 0 Å². The van der Waals surface area contributed by atoms with Gasteiger partial charge in [0.1, 0.15) is 0 Å². The Labute approximate surface area is 258 Å². The van der Waals surface area contributed by atoms with E-state index in [1.165, 1.54) is 68.5 Å². The first-order valence-corrected chi connectivity index (χ1v) is 24.7. The van der Waals surface area contributed by atoms with Crippen LogP contribution in [0.3, 0.4) is 0 Å². The van der Waals surface area contributed by atoms with Crippen molar-refractivity contribution in [3.8, 4) is 0 Å². The second-order valence-corrected chi connectivity index (χ2v) is 25.8. The Morgan fingerprint density at radius 3 is 1.88 bits per heavy atom. The number of fused-ring (bicyclic) bond motifs is 1. The predicted molar refractivity (Wildman–Crippen MR) is 175 cm³/mol. The summed E-state index contributed by atoms with van der Waals surface area (Å²) in [5, 5.41) is 0. The van der Waals surface area contributed by atoms with Gasteiger partial charge in [0.05, 0.1) is 13.2 Å². The number of morpholine rings is 2. The average Bonchev–Trinajstić information content (AvgIpc) is 3.36. The Kier molecular flexibility index (Phi) is 12.2. The quantitative estimate of drug-likeness (QED) is 0.268. The van der Waals surface area contributed by atoms with Crippen LogP contribution in [0.5, 0.6) is 0 Å². The van der Waals surface area contributed by atoms with E-state index in [-0.39, 0.29) is 0 Å². The van der Waals surface area contributed by atoms with E-state index in [0.29, 0.717) is 6.04 Å². The summed E-state index contributed by atoms with van der Waals surface area (Å²) in [5.74, 6) is 2.21. The molecule has 3 aliphatic heterocycles. The molecule has 2 aromatic heterocycles. The molecular weight excluding hydrogens is 633 g/mol. The molecule has 0 bridgehead atoms. The molecule has 0 aliphatic carbocycles. The molecule has 2 aromatic rings. The van der Waals surface area contributed by atoms with Crippen molar-refractivity contribution in [2.24, 2.45) is 7.05 Å². The number of unbranched alkanes of at least 4 members (excludes halogenated alkanes) is 3. The van der Waals surface area contributed by atoms with E-state index in [0.717, 1.165) is 95.0 Å². The van der Waals surface area contributed by atoms with Crippen LogP contribution in [0.15, 0.2) is 0 Å². The summed E-state index contributed by atoms with van der Waals surface area (Å²) in [6.45, 7) is 17.4. The molecule has 9 nitrogen and oxygen atoms in total. The van der Waals surface area contributed by atoms with Gasteiger partial charge in [-0.1, -0.05) is 0 Å². The van der Waals surface area contributed by atoms with Gasteiger partial charge < -0.3 is 4.74 Å². The van der Waals surface area contributed by atoms with Crippen molar-refractivity contribution in [2.45, 2.75) is 98.0 Å². The third-order valence-corrected chi connectivity index (χ3v) is 24.7. The summed E-state index contributed by atoms with van der Waals surface area (Å²) in [4.78, 5) is 24.1. The number of likely N-dealkylation sites (tertiary alicyclic amines) is 1. The Morgan fingerprint density at radius 1 is 0.738 bits per heavy atom. The SMILES string of the molecule is CCC[CH2][Sn]([CH2]CCC)([CH2]CCC)[c]1nc(N2CCOCC2)c2nc(CN3CCC(N4CCOCC4)CC3)n(C)c2n1. The molecule has 0 amide bonds. The third kappa shape index (κ3) is 7.61. The molecule has 3 fully saturated rings. The van der Waals surface area contributed by atoms with E-state index in [4.69, 9.17) is 24.4 Å². The first-order chi connectivity index (χ1) is 20.6. The zero-order valence-electron chi connectivity index (χ0n) is 27.1. The van der Waals surface area contributed by atoms with Gasteiger partial charge in [0.15, 0.2) is 0 Å². The minimum absolute atomic E-state index is 0.696. The normalized spacial score (nSPS) is 20.1. The summed E-state index contributed by atoms with van der Waals surface area (Å²) in [5.41, 5.74) is 2.06. The molecular formula is C32H57N7O2Sn. The molecule has 0 aromatic carbocycles. The van der Waals surface area contributed by atoms with E-state index in [2.05, 4.69) is 47.1 Å². The fourth-order valence-electron chi connectivity index (χ4n) is 7.31. The van der Waals surface area contributed by atoms with Crippen molar-refractivity contribution in [3.05, 3.63) is 5.82 Å². The summed E-state index contributed by atoms with van der Waals surface area (Å²) < 4.78 is 19.1. The molecule has 0 atom stereocenters. The summed E-state index contributed by atoms with van der Waals surface area (Å²) >= 11 is -2.85. The van der Waals surface area contributed by atoms with Gasteiger partial charge in [-0.05, 0) is 0 Å². The van der Waals surface area contributed by atoms with Gasteiger partial charge in [-0.15, -0.1) is 0 Å². The van der Waals surface area contributed by atoms with Crippen molar-refractivity contribution in [1.82, 2.24) is 29.3 Å². The van der Waals surface area contributed by atoms with Gasteiger partial charge in [-0.3, -0.25) is 0 Å². The molecule has 10 heteroatoms. The van der Waals surface area contributed by atoms with Gasteiger partial charge in [-0.25, -0.2) is 0 Å². The second kappa shape index (κ2) is 15.8. The van der Waals surface area contributed by atoms with E-state index in [9.17, 15) is 0 Å². The van der Waals surface area contributed by atoms with Crippen molar-refractivity contribution < 1.29 is 9.47 Å². The van der Waals surface area contributed by atoms with Crippen LogP contribution in [0.4, 0.5) is 5.82 Å². The Hall–Kier alpha value is -1.01. The predicted octanol–water partition coefficient (Wildman–Crippen LogP) is 4.55. The van der Waals surface area contributed by atoms with Crippen molar-refractivity contribution in [2.75, 3.05) is 70.6 Å². The summed E-state index contributed by atoms with van der Waals surface area (Å²) in [7, 11) is 2.20. The number of hydrogen-bond acceptors (Lipinski definition) is 8. The van der Waals surface area contributed by atoms with Crippen LogP contribution in [0.2, 0.25) is 13.3 Å². The zero-order valence-corrected chi connectivity index (χ0v) is 29.9. The minimum atomic E-state index is -2.85. The van der Waals surface area contributed by atoms with Gasteiger partial charge >= 0.3 is 242 Å². The monoisotopic (exact) mass is 691 g/mol. The molecule has 42 heavy (non-hydrogen) atoms. The number of piperidine rings is 1. The molecule has 3 aliphatic rings. The summed E-state index contributed by atoms with van der Waals surface area (Å²) in [6.07, 6.45) is 10.2. The number of nitrogens with zero attached hydrogens (tertiary/aromatic N) is 7. The average molecular weight is 691 g/mol. The maximum absolute atomic E-state index is 5.76. The molecule has 5 rings (SSSR count). The Balaban J connectivity index is 1.46. The number of hydrogen-bond donors (Lipinski definition) is 0. The number of aromatic nitrogens is 4. The molecule has 0 saturated carbocycles. The summed E-state index contributed by atoms with van der Waals surface area (Å²) in [6, 6.07) is 0.696. The molecule has 5 heterocycles. The Bertz CT molecular complexity index is 1090. The zero-order chi connectivity index (χ0) is 29.4. The van der Waals surface area contributed by atoms with Crippen molar-refractivity contribution >= 4 is 39.2 Å². The molecule has 0 spiro atoms. The fraction of sp³-hybridized carbons (Fsp3) is 0.844. The van der Waals surface area contributed by atoms with E-state index >= 15 is 0 Å². The fourth-order valence-corrected chi connectivity index (χ4v) is 22.1. The number of anilines is 1. The second-order valence-electron chi connectivity index (χ2n) is 13.0. The van der Waals surface area contributed by atoms with Crippen LogP contribution in [-0.2, 0) is 23.1 Å². The van der Waals surface area contributed by atoms with Crippen molar-refractivity contribution in [1.29, 1.82) is 0 Å². The van der Waals surface area contributed by atoms with Crippen LogP contribution in [-0.4, -0.2) is 119 Å². The van der Waals surface area contributed by atoms with Crippen LogP contribution in [0.25, 0.3) is 11.2 Å². The van der Waals surface area contributed by atoms with Gasteiger partial charge in [0.25, 0.3) is 0 Å². The molecule has 0 unspecified atom stereocenters. The van der Waals surface area contributed by atoms with Gasteiger partial charge in [-0.2, -0.15) is 0 Å². The first kappa shape index (κ1) is 32.4. The topological polar surface area (TPSA) is 71.8 Å². The number of aryl methyl sites for hydroxylation is 1. The van der Waals surface area contributed by atoms with Crippen LogP contribution in [0, 0.1) is 0 Å². The number of rotatable bonds is 14. The van der Waals surface area contributed by atoms with Gasteiger partial charge in [0, 0.05) is 0 Å². The molecule has 236 valence electrons. The van der Waals surface area contributed by atoms with E-state index < -0.39 is 18.4 Å². The number of ether oxygens (including phenoxy) is 2. The van der Waals surface area contributed by atoms with Gasteiger partial charge in [0.2, 0.25) is 0 Å².